The lowest BCUT2D eigenvalue weighted by molar-refractivity contribution is -0.149. The number of hydrogen-bond donors (Lipinski definition) is 1. The molecule has 2 rings (SSSR count). The van der Waals surface area contributed by atoms with E-state index in [0.29, 0.717) is 5.92 Å². The standard InChI is InChI=1S/C11H14O2S/c1-2-8-6-11(7-8,10(12)13)9-4-3-5-14-9/h3-5,8H,2,6-7H2,1H3,(H,12,13). The van der Waals surface area contributed by atoms with E-state index in [1.807, 2.05) is 17.5 Å². The molecule has 1 N–H and O–H groups in total. The van der Waals surface area contributed by atoms with E-state index in [0.717, 1.165) is 24.1 Å². The van der Waals surface area contributed by atoms with Gasteiger partial charge in [-0.15, -0.1) is 11.3 Å². The zero-order valence-corrected chi connectivity index (χ0v) is 9.01. The molecule has 0 radical (unpaired) electrons. The van der Waals surface area contributed by atoms with Crippen molar-refractivity contribution in [3.63, 3.8) is 0 Å². The zero-order chi connectivity index (χ0) is 10.2. The normalized spacial score (nSPS) is 31.1. The predicted molar refractivity (Wildman–Crippen MR) is 56.6 cm³/mol. The lowest BCUT2D eigenvalue weighted by atomic mass is 9.60. The van der Waals surface area contributed by atoms with Gasteiger partial charge in [0.2, 0.25) is 0 Å². The van der Waals surface area contributed by atoms with Gasteiger partial charge in [0, 0.05) is 4.88 Å². The first-order valence-electron chi connectivity index (χ1n) is 4.96. The van der Waals surface area contributed by atoms with Crippen molar-refractivity contribution in [2.24, 2.45) is 5.92 Å². The Morgan fingerprint density at radius 2 is 2.43 bits per heavy atom. The highest BCUT2D eigenvalue weighted by molar-refractivity contribution is 7.10. The third kappa shape index (κ3) is 1.27. The molecule has 1 aromatic heterocycles. The van der Waals surface area contributed by atoms with Gasteiger partial charge in [-0.2, -0.15) is 0 Å². The van der Waals surface area contributed by atoms with E-state index in [1.54, 1.807) is 11.3 Å². The minimum atomic E-state index is -0.648. The molecule has 0 bridgehead atoms. The van der Waals surface area contributed by atoms with Gasteiger partial charge < -0.3 is 5.11 Å². The van der Waals surface area contributed by atoms with Crippen LogP contribution >= 0.6 is 11.3 Å². The van der Waals surface area contributed by atoms with E-state index in [9.17, 15) is 9.90 Å². The van der Waals surface area contributed by atoms with Crippen LogP contribution in [0.3, 0.4) is 0 Å². The molecule has 76 valence electrons. The van der Waals surface area contributed by atoms with Crippen molar-refractivity contribution in [1.29, 1.82) is 0 Å². The van der Waals surface area contributed by atoms with Crippen LogP contribution in [0.2, 0.25) is 0 Å². The fraction of sp³-hybridized carbons (Fsp3) is 0.545. The average Bonchev–Trinajstić information content (AvgIpc) is 2.55. The monoisotopic (exact) mass is 210 g/mol. The van der Waals surface area contributed by atoms with Crippen LogP contribution in [-0.2, 0) is 10.2 Å². The minimum Gasteiger partial charge on any atom is -0.481 e. The van der Waals surface area contributed by atoms with Crippen LogP contribution in [0.5, 0.6) is 0 Å². The van der Waals surface area contributed by atoms with Gasteiger partial charge in [0.15, 0.2) is 0 Å². The molecule has 1 aromatic rings. The number of carboxylic acids is 1. The van der Waals surface area contributed by atoms with E-state index in [2.05, 4.69) is 6.92 Å². The Balaban J connectivity index is 2.23. The van der Waals surface area contributed by atoms with E-state index < -0.39 is 11.4 Å². The van der Waals surface area contributed by atoms with Crippen molar-refractivity contribution in [2.75, 3.05) is 0 Å². The SMILES string of the molecule is CCC1CC(C(=O)O)(c2cccs2)C1. The largest absolute Gasteiger partial charge is 0.481 e. The summed E-state index contributed by atoms with van der Waals surface area (Å²) in [6.45, 7) is 2.13. The van der Waals surface area contributed by atoms with Crippen LogP contribution in [0.4, 0.5) is 0 Å². The summed E-state index contributed by atoms with van der Waals surface area (Å²) in [6, 6.07) is 3.88. The third-order valence-electron chi connectivity index (χ3n) is 3.25. The molecule has 1 aliphatic rings. The van der Waals surface area contributed by atoms with Crippen LogP contribution in [0, 0.1) is 5.92 Å². The van der Waals surface area contributed by atoms with Crippen molar-refractivity contribution in [2.45, 2.75) is 31.6 Å². The maximum atomic E-state index is 11.3. The molecule has 1 fully saturated rings. The molecule has 14 heavy (non-hydrogen) atoms. The maximum Gasteiger partial charge on any atom is 0.314 e. The zero-order valence-electron chi connectivity index (χ0n) is 8.19. The molecule has 0 saturated heterocycles. The van der Waals surface area contributed by atoms with Crippen molar-refractivity contribution in [3.8, 4) is 0 Å². The lowest BCUT2D eigenvalue weighted by Crippen LogP contribution is -2.47. The van der Waals surface area contributed by atoms with Crippen LogP contribution in [0.1, 0.15) is 31.1 Å². The van der Waals surface area contributed by atoms with Crippen LogP contribution in [-0.4, -0.2) is 11.1 Å². The Morgan fingerprint density at radius 3 is 2.86 bits per heavy atom. The summed E-state index contributed by atoms with van der Waals surface area (Å²) in [5, 5.41) is 11.2. The highest BCUT2D eigenvalue weighted by Crippen LogP contribution is 2.50. The number of thiophene rings is 1. The van der Waals surface area contributed by atoms with E-state index in [-0.39, 0.29) is 0 Å². The molecular formula is C11H14O2S. The second-order valence-electron chi connectivity index (χ2n) is 4.05. The van der Waals surface area contributed by atoms with Crippen molar-refractivity contribution in [3.05, 3.63) is 22.4 Å². The van der Waals surface area contributed by atoms with Crippen LogP contribution in [0.25, 0.3) is 0 Å². The summed E-state index contributed by atoms with van der Waals surface area (Å²) in [5.74, 6) is -0.0437. The third-order valence-corrected chi connectivity index (χ3v) is 4.33. The highest BCUT2D eigenvalue weighted by atomic mass is 32.1. The van der Waals surface area contributed by atoms with Crippen molar-refractivity contribution < 1.29 is 9.90 Å². The lowest BCUT2D eigenvalue weighted by Gasteiger charge is -2.43. The van der Waals surface area contributed by atoms with Gasteiger partial charge in [0.05, 0.1) is 0 Å². The Morgan fingerprint density at radius 1 is 1.71 bits per heavy atom. The van der Waals surface area contributed by atoms with Crippen molar-refractivity contribution in [1.82, 2.24) is 0 Å². The molecule has 1 saturated carbocycles. The van der Waals surface area contributed by atoms with Crippen LogP contribution < -0.4 is 0 Å². The Kier molecular flexibility index (Phi) is 2.35. The van der Waals surface area contributed by atoms with Gasteiger partial charge in [0.25, 0.3) is 0 Å². The summed E-state index contributed by atoms with van der Waals surface area (Å²) in [4.78, 5) is 12.3. The fourth-order valence-corrected chi connectivity index (χ4v) is 3.19. The Labute approximate surface area is 87.6 Å². The smallest absolute Gasteiger partial charge is 0.314 e. The molecular weight excluding hydrogens is 196 g/mol. The second-order valence-corrected chi connectivity index (χ2v) is 4.99. The van der Waals surface area contributed by atoms with E-state index >= 15 is 0 Å². The average molecular weight is 210 g/mol. The van der Waals surface area contributed by atoms with Gasteiger partial charge in [-0.05, 0) is 30.2 Å². The summed E-state index contributed by atoms with van der Waals surface area (Å²) >= 11 is 1.57. The van der Waals surface area contributed by atoms with Gasteiger partial charge in [-0.25, -0.2) is 0 Å². The Hall–Kier alpha value is -0.830. The molecule has 2 nitrogen and oxygen atoms in total. The summed E-state index contributed by atoms with van der Waals surface area (Å²) in [6.07, 6.45) is 2.74. The molecule has 3 heteroatoms. The summed E-state index contributed by atoms with van der Waals surface area (Å²) in [7, 11) is 0. The first kappa shape index (κ1) is 9.71. The molecule has 0 aromatic carbocycles. The highest BCUT2D eigenvalue weighted by Gasteiger charge is 2.51. The molecule has 1 heterocycles. The summed E-state index contributed by atoms with van der Waals surface area (Å²) in [5.41, 5.74) is -0.547. The Bertz CT molecular complexity index is 323. The predicted octanol–water partition coefficient (Wildman–Crippen LogP) is 2.89. The summed E-state index contributed by atoms with van der Waals surface area (Å²) < 4.78 is 0. The molecule has 0 atom stereocenters. The molecule has 1 aliphatic carbocycles. The number of rotatable bonds is 3. The van der Waals surface area contributed by atoms with Gasteiger partial charge in [0.1, 0.15) is 5.41 Å². The van der Waals surface area contributed by atoms with E-state index in [4.69, 9.17) is 0 Å². The topological polar surface area (TPSA) is 37.3 Å². The number of hydrogen-bond acceptors (Lipinski definition) is 2. The van der Waals surface area contributed by atoms with E-state index in [1.165, 1.54) is 0 Å². The number of carbonyl (C=O) groups is 1. The quantitative estimate of drug-likeness (QED) is 0.833. The van der Waals surface area contributed by atoms with Crippen molar-refractivity contribution >= 4 is 17.3 Å². The van der Waals surface area contributed by atoms with Gasteiger partial charge in [-0.3, -0.25) is 4.79 Å². The minimum absolute atomic E-state index is 0.547. The van der Waals surface area contributed by atoms with Gasteiger partial charge >= 0.3 is 5.97 Å². The van der Waals surface area contributed by atoms with Gasteiger partial charge in [-0.1, -0.05) is 19.4 Å². The first-order valence-corrected chi connectivity index (χ1v) is 5.84. The fourth-order valence-electron chi connectivity index (χ4n) is 2.25. The number of aliphatic carboxylic acids is 1. The molecule has 0 aliphatic heterocycles. The number of carboxylic acid groups (broad SMARTS) is 1. The maximum absolute atomic E-state index is 11.3. The first-order chi connectivity index (χ1) is 6.69. The molecule has 0 spiro atoms. The molecule has 0 unspecified atom stereocenters. The second kappa shape index (κ2) is 3.39. The molecule has 0 amide bonds. The van der Waals surface area contributed by atoms with Crippen LogP contribution in [0.15, 0.2) is 17.5 Å².